The molecule has 0 saturated carbocycles. The number of nitrogens with one attached hydrogen (secondary N) is 1. The summed E-state index contributed by atoms with van der Waals surface area (Å²) in [6.45, 7) is 5.38. The van der Waals surface area contributed by atoms with E-state index in [1.807, 2.05) is 24.3 Å². The number of fused-ring (bicyclic) bond motifs is 1. The molecule has 0 fully saturated rings. The lowest BCUT2D eigenvalue weighted by Crippen LogP contribution is -2.35. The van der Waals surface area contributed by atoms with Gasteiger partial charge in [0.25, 0.3) is 0 Å². The van der Waals surface area contributed by atoms with Gasteiger partial charge in [-0.2, -0.15) is 0 Å². The van der Waals surface area contributed by atoms with Crippen molar-refractivity contribution >= 4 is 11.6 Å². The molecule has 0 spiro atoms. The average Bonchev–Trinajstić information content (AvgIpc) is 2.40. The van der Waals surface area contributed by atoms with Crippen molar-refractivity contribution in [1.82, 2.24) is 5.32 Å². The number of nitrogens with zero attached hydrogens (tertiary/aromatic N) is 1. The van der Waals surface area contributed by atoms with E-state index in [4.69, 9.17) is 0 Å². The standard InChI is InChI=1S/C12H14N2O/c1-2-7-14-11-6-4-3-5-10(11)8-13-9-12(14)15/h2-6,13H,1,7-9H2. The molecule has 3 heteroatoms. The number of anilines is 1. The second-order valence-electron chi connectivity index (χ2n) is 3.53. The predicted octanol–water partition coefficient (Wildman–Crippen LogP) is 1.31. The SMILES string of the molecule is C=CCN1C(=O)CNCc2ccccc21. The number of carbonyl (C=O) groups is 1. The predicted molar refractivity (Wildman–Crippen MR) is 60.7 cm³/mol. The summed E-state index contributed by atoms with van der Waals surface area (Å²) in [6, 6.07) is 7.96. The smallest absolute Gasteiger partial charge is 0.241 e. The number of hydrogen-bond acceptors (Lipinski definition) is 2. The Balaban J connectivity index is 2.42. The van der Waals surface area contributed by atoms with Gasteiger partial charge in [-0.3, -0.25) is 4.79 Å². The molecule has 0 aliphatic carbocycles. The number of rotatable bonds is 2. The van der Waals surface area contributed by atoms with Crippen LogP contribution in [0.1, 0.15) is 5.56 Å². The van der Waals surface area contributed by atoms with Crippen LogP contribution in [0.15, 0.2) is 36.9 Å². The highest BCUT2D eigenvalue weighted by Crippen LogP contribution is 2.22. The van der Waals surface area contributed by atoms with Crippen molar-refractivity contribution in [1.29, 1.82) is 0 Å². The molecule has 0 radical (unpaired) electrons. The molecule has 2 rings (SSSR count). The van der Waals surface area contributed by atoms with Crippen LogP contribution in [0.4, 0.5) is 5.69 Å². The van der Waals surface area contributed by atoms with E-state index in [9.17, 15) is 4.79 Å². The third kappa shape index (κ3) is 1.92. The van der Waals surface area contributed by atoms with Gasteiger partial charge in [-0.25, -0.2) is 0 Å². The highest BCUT2D eigenvalue weighted by Gasteiger charge is 2.19. The van der Waals surface area contributed by atoms with Gasteiger partial charge in [0, 0.05) is 18.8 Å². The van der Waals surface area contributed by atoms with E-state index in [-0.39, 0.29) is 5.91 Å². The summed E-state index contributed by atoms with van der Waals surface area (Å²) < 4.78 is 0. The summed E-state index contributed by atoms with van der Waals surface area (Å²) in [4.78, 5) is 13.5. The maximum Gasteiger partial charge on any atom is 0.241 e. The van der Waals surface area contributed by atoms with Crippen LogP contribution in [0, 0.1) is 0 Å². The van der Waals surface area contributed by atoms with E-state index in [0.29, 0.717) is 13.1 Å². The van der Waals surface area contributed by atoms with Crippen LogP contribution in [-0.2, 0) is 11.3 Å². The summed E-state index contributed by atoms with van der Waals surface area (Å²) in [5.74, 6) is 0.0971. The van der Waals surface area contributed by atoms with E-state index in [1.54, 1.807) is 11.0 Å². The van der Waals surface area contributed by atoms with Crippen molar-refractivity contribution in [2.45, 2.75) is 6.54 Å². The molecular formula is C12H14N2O. The molecule has 0 saturated heterocycles. The second-order valence-corrected chi connectivity index (χ2v) is 3.53. The van der Waals surface area contributed by atoms with Crippen LogP contribution in [0.5, 0.6) is 0 Å². The lowest BCUT2D eigenvalue weighted by atomic mass is 10.1. The Bertz CT molecular complexity index is 387. The first-order valence-electron chi connectivity index (χ1n) is 5.03. The van der Waals surface area contributed by atoms with Crippen LogP contribution in [0.25, 0.3) is 0 Å². The first-order chi connectivity index (χ1) is 7.33. The molecule has 3 nitrogen and oxygen atoms in total. The van der Waals surface area contributed by atoms with E-state index >= 15 is 0 Å². The fourth-order valence-corrected chi connectivity index (χ4v) is 1.79. The zero-order valence-corrected chi connectivity index (χ0v) is 8.57. The molecule has 1 aromatic carbocycles. The van der Waals surface area contributed by atoms with Gasteiger partial charge in [0.05, 0.1) is 6.54 Å². The van der Waals surface area contributed by atoms with Gasteiger partial charge in [0.15, 0.2) is 0 Å². The Labute approximate surface area is 89.4 Å². The largest absolute Gasteiger partial charge is 0.307 e. The molecule has 1 aliphatic rings. The molecule has 0 aromatic heterocycles. The van der Waals surface area contributed by atoms with Crippen molar-refractivity contribution in [2.24, 2.45) is 0 Å². The topological polar surface area (TPSA) is 32.3 Å². The molecular weight excluding hydrogens is 188 g/mol. The van der Waals surface area contributed by atoms with Crippen LogP contribution < -0.4 is 10.2 Å². The highest BCUT2D eigenvalue weighted by molar-refractivity contribution is 5.96. The highest BCUT2D eigenvalue weighted by atomic mass is 16.2. The first-order valence-corrected chi connectivity index (χ1v) is 5.03. The van der Waals surface area contributed by atoms with Crippen molar-refractivity contribution < 1.29 is 4.79 Å². The molecule has 0 bridgehead atoms. The molecule has 0 unspecified atom stereocenters. The maximum absolute atomic E-state index is 11.8. The van der Waals surface area contributed by atoms with Crippen LogP contribution in [0.2, 0.25) is 0 Å². The van der Waals surface area contributed by atoms with Crippen molar-refractivity contribution in [3.8, 4) is 0 Å². The summed E-state index contributed by atoms with van der Waals surface area (Å²) >= 11 is 0. The number of hydrogen-bond donors (Lipinski definition) is 1. The third-order valence-corrected chi connectivity index (χ3v) is 2.49. The van der Waals surface area contributed by atoms with Gasteiger partial charge in [-0.15, -0.1) is 6.58 Å². The van der Waals surface area contributed by atoms with Crippen molar-refractivity contribution in [3.63, 3.8) is 0 Å². The molecule has 0 atom stereocenters. The number of carbonyl (C=O) groups excluding carboxylic acids is 1. The average molecular weight is 202 g/mol. The molecule has 78 valence electrons. The molecule has 15 heavy (non-hydrogen) atoms. The minimum Gasteiger partial charge on any atom is -0.307 e. The Morgan fingerprint density at radius 3 is 3.00 bits per heavy atom. The quantitative estimate of drug-likeness (QED) is 0.733. The lowest BCUT2D eigenvalue weighted by Gasteiger charge is -2.20. The summed E-state index contributed by atoms with van der Waals surface area (Å²) in [7, 11) is 0. The number of benzene rings is 1. The summed E-state index contributed by atoms with van der Waals surface area (Å²) in [5.41, 5.74) is 2.15. The number of amides is 1. The third-order valence-electron chi connectivity index (χ3n) is 2.49. The minimum atomic E-state index is 0.0971. The monoisotopic (exact) mass is 202 g/mol. The van der Waals surface area contributed by atoms with Gasteiger partial charge in [-0.05, 0) is 11.6 Å². The van der Waals surface area contributed by atoms with Crippen molar-refractivity contribution in [3.05, 3.63) is 42.5 Å². The second kappa shape index (κ2) is 4.28. The first kappa shape index (κ1) is 9.93. The van der Waals surface area contributed by atoms with Crippen molar-refractivity contribution in [2.75, 3.05) is 18.0 Å². The van der Waals surface area contributed by atoms with Gasteiger partial charge < -0.3 is 10.2 Å². The maximum atomic E-state index is 11.8. The Kier molecular flexibility index (Phi) is 2.83. The minimum absolute atomic E-state index is 0.0971. The fourth-order valence-electron chi connectivity index (χ4n) is 1.79. The molecule has 1 heterocycles. The Morgan fingerprint density at radius 1 is 1.40 bits per heavy atom. The zero-order valence-electron chi connectivity index (χ0n) is 8.57. The van der Waals surface area contributed by atoms with Crippen LogP contribution >= 0.6 is 0 Å². The molecule has 1 amide bonds. The van der Waals surface area contributed by atoms with Crippen LogP contribution in [-0.4, -0.2) is 19.0 Å². The van der Waals surface area contributed by atoms with E-state index < -0.39 is 0 Å². The van der Waals surface area contributed by atoms with E-state index in [0.717, 1.165) is 17.8 Å². The number of para-hydroxylation sites is 1. The summed E-state index contributed by atoms with van der Waals surface area (Å²) in [6.07, 6.45) is 1.75. The molecule has 1 N–H and O–H groups in total. The van der Waals surface area contributed by atoms with Gasteiger partial charge in [-0.1, -0.05) is 24.3 Å². The Hall–Kier alpha value is -1.61. The normalized spacial score (nSPS) is 15.7. The van der Waals surface area contributed by atoms with Gasteiger partial charge >= 0.3 is 0 Å². The van der Waals surface area contributed by atoms with Crippen LogP contribution in [0.3, 0.4) is 0 Å². The van der Waals surface area contributed by atoms with E-state index in [2.05, 4.69) is 11.9 Å². The van der Waals surface area contributed by atoms with Gasteiger partial charge in [0.2, 0.25) is 5.91 Å². The molecule has 1 aromatic rings. The van der Waals surface area contributed by atoms with Gasteiger partial charge in [0.1, 0.15) is 0 Å². The molecule has 1 aliphatic heterocycles. The lowest BCUT2D eigenvalue weighted by molar-refractivity contribution is -0.117. The fraction of sp³-hybridized carbons (Fsp3) is 0.250. The zero-order chi connectivity index (χ0) is 10.7. The summed E-state index contributed by atoms with van der Waals surface area (Å²) in [5, 5.41) is 3.12. The van der Waals surface area contributed by atoms with E-state index in [1.165, 1.54) is 0 Å². The Morgan fingerprint density at radius 2 is 2.20 bits per heavy atom.